The highest BCUT2D eigenvalue weighted by molar-refractivity contribution is 6.31. The number of amides is 1. The molecule has 0 aliphatic rings. The maximum atomic E-state index is 12.1. The molecule has 1 atom stereocenters. The molecule has 0 heterocycles. The van der Waals surface area contributed by atoms with E-state index >= 15 is 0 Å². The molecule has 7 nitrogen and oxygen atoms in total. The van der Waals surface area contributed by atoms with E-state index in [1.807, 2.05) is 20.8 Å². The molecule has 0 saturated carbocycles. The molecule has 2 N–H and O–H groups in total. The van der Waals surface area contributed by atoms with E-state index in [9.17, 15) is 24.8 Å². The average Bonchev–Trinajstić information content (AvgIpc) is 2.44. The molecule has 8 heteroatoms. The number of carboxylic acid groups (broad SMARTS) is 1. The Morgan fingerprint density at radius 3 is 2.46 bits per heavy atom. The highest BCUT2D eigenvalue weighted by atomic mass is 35.5. The van der Waals surface area contributed by atoms with Crippen LogP contribution in [0.4, 0.5) is 5.69 Å². The number of non-ortho nitro benzene ring substituents is 1. The first-order valence-corrected chi connectivity index (χ1v) is 7.82. The van der Waals surface area contributed by atoms with Crippen molar-refractivity contribution < 1.29 is 19.6 Å². The molecule has 0 radical (unpaired) electrons. The van der Waals surface area contributed by atoms with Crippen molar-refractivity contribution in [2.45, 2.75) is 46.1 Å². The van der Waals surface area contributed by atoms with E-state index in [0.717, 1.165) is 0 Å². The Hall–Kier alpha value is -2.15. The van der Waals surface area contributed by atoms with Crippen molar-refractivity contribution in [2.24, 2.45) is 5.41 Å². The standard InChI is InChI=1S/C16H21ClN2O5/c1-16(2,3)7-6-13(15(21)22)18-14(20)8-10-4-5-11(19(23)24)9-12(10)17/h4-5,9,13H,6-8H2,1-3H3,(H,18,20)(H,21,22). The molecule has 0 fully saturated rings. The zero-order valence-electron chi connectivity index (χ0n) is 13.8. The second-order valence-corrected chi connectivity index (χ2v) is 7.17. The summed E-state index contributed by atoms with van der Waals surface area (Å²) < 4.78 is 0. The van der Waals surface area contributed by atoms with Gasteiger partial charge in [-0.1, -0.05) is 38.4 Å². The molecular formula is C16H21ClN2O5. The predicted molar refractivity (Wildman–Crippen MR) is 90.1 cm³/mol. The van der Waals surface area contributed by atoms with Crippen LogP contribution in [-0.2, 0) is 16.0 Å². The number of nitro groups is 1. The summed E-state index contributed by atoms with van der Waals surface area (Å²) in [5, 5.41) is 22.5. The van der Waals surface area contributed by atoms with Crippen LogP contribution in [0.5, 0.6) is 0 Å². The number of benzene rings is 1. The Bertz CT molecular complexity index is 640. The van der Waals surface area contributed by atoms with Crippen molar-refractivity contribution in [3.05, 3.63) is 38.9 Å². The number of rotatable bonds is 7. The lowest BCUT2D eigenvalue weighted by molar-refractivity contribution is -0.384. The van der Waals surface area contributed by atoms with Crippen molar-refractivity contribution in [1.29, 1.82) is 0 Å². The molecule has 24 heavy (non-hydrogen) atoms. The first-order chi connectivity index (χ1) is 11.0. The molecule has 0 aliphatic heterocycles. The minimum Gasteiger partial charge on any atom is -0.480 e. The van der Waals surface area contributed by atoms with Crippen molar-refractivity contribution in [1.82, 2.24) is 5.32 Å². The number of hydrogen-bond acceptors (Lipinski definition) is 4. The van der Waals surface area contributed by atoms with Gasteiger partial charge in [0.1, 0.15) is 6.04 Å². The summed E-state index contributed by atoms with van der Waals surface area (Å²) in [5.74, 6) is -1.59. The number of carbonyl (C=O) groups is 2. The molecule has 0 saturated heterocycles. The van der Waals surface area contributed by atoms with Gasteiger partial charge in [0.15, 0.2) is 0 Å². The fourth-order valence-electron chi connectivity index (χ4n) is 2.05. The van der Waals surface area contributed by atoms with E-state index in [0.29, 0.717) is 18.4 Å². The van der Waals surface area contributed by atoms with Crippen LogP contribution >= 0.6 is 11.6 Å². The zero-order valence-corrected chi connectivity index (χ0v) is 14.6. The fourth-order valence-corrected chi connectivity index (χ4v) is 2.29. The number of nitro benzene ring substituents is 1. The molecule has 0 aliphatic carbocycles. The molecule has 1 amide bonds. The number of halogens is 1. The van der Waals surface area contributed by atoms with E-state index in [2.05, 4.69) is 5.32 Å². The van der Waals surface area contributed by atoms with Crippen LogP contribution < -0.4 is 5.32 Å². The first-order valence-electron chi connectivity index (χ1n) is 7.44. The smallest absolute Gasteiger partial charge is 0.326 e. The van der Waals surface area contributed by atoms with Gasteiger partial charge in [0.2, 0.25) is 5.91 Å². The Kier molecular flexibility index (Phi) is 6.71. The SMILES string of the molecule is CC(C)(C)CCC(NC(=O)Cc1ccc([N+](=O)[O-])cc1Cl)C(=O)O. The topological polar surface area (TPSA) is 110 Å². The molecule has 132 valence electrons. The molecule has 0 bridgehead atoms. The fraction of sp³-hybridized carbons (Fsp3) is 0.500. The van der Waals surface area contributed by atoms with Gasteiger partial charge >= 0.3 is 5.97 Å². The van der Waals surface area contributed by atoms with Crippen LogP contribution in [-0.4, -0.2) is 27.9 Å². The molecule has 1 rings (SSSR count). The van der Waals surface area contributed by atoms with Gasteiger partial charge < -0.3 is 10.4 Å². The summed E-state index contributed by atoms with van der Waals surface area (Å²) in [6.07, 6.45) is 0.817. The number of nitrogens with zero attached hydrogens (tertiary/aromatic N) is 1. The van der Waals surface area contributed by atoms with Gasteiger partial charge in [-0.25, -0.2) is 4.79 Å². The van der Waals surface area contributed by atoms with Crippen molar-refractivity contribution in [3.63, 3.8) is 0 Å². The van der Waals surface area contributed by atoms with Gasteiger partial charge in [-0.15, -0.1) is 0 Å². The highest BCUT2D eigenvalue weighted by Gasteiger charge is 2.23. The van der Waals surface area contributed by atoms with E-state index in [4.69, 9.17) is 11.6 Å². The van der Waals surface area contributed by atoms with Gasteiger partial charge in [0.25, 0.3) is 5.69 Å². The maximum absolute atomic E-state index is 12.1. The Morgan fingerprint density at radius 1 is 1.38 bits per heavy atom. The largest absolute Gasteiger partial charge is 0.480 e. The van der Waals surface area contributed by atoms with Crippen LogP contribution in [0.25, 0.3) is 0 Å². The molecule has 0 spiro atoms. The molecule has 0 aromatic heterocycles. The van der Waals surface area contributed by atoms with Gasteiger partial charge in [0, 0.05) is 12.1 Å². The summed E-state index contributed by atoms with van der Waals surface area (Å²) in [6, 6.07) is 2.83. The predicted octanol–water partition coefficient (Wildman–Crippen LogP) is 3.19. The number of aliphatic carboxylic acids is 1. The van der Waals surface area contributed by atoms with E-state index in [-0.39, 0.29) is 22.5 Å². The molecule has 1 unspecified atom stereocenters. The third-order valence-corrected chi connectivity index (χ3v) is 3.77. The summed E-state index contributed by atoms with van der Waals surface area (Å²) in [5.41, 5.74) is 0.192. The van der Waals surface area contributed by atoms with E-state index in [1.54, 1.807) is 0 Å². The van der Waals surface area contributed by atoms with Crippen LogP contribution in [0.15, 0.2) is 18.2 Å². The number of nitrogens with one attached hydrogen (secondary N) is 1. The minimum absolute atomic E-state index is 0.0416. The van der Waals surface area contributed by atoms with Crippen LogP contribution in [0.3, 0.4) is 0 Å². The van der Waals surface area contributed by atoms with Gasteiger partial charge in [-0.3, -0.25) is 14.9 Å². The van der Waals surface area contributed by atoms with Crippen molar-refractivity contribution in [2.75, 3.05) is 0 Å². The zero-order chi connectivity index (χ0) is 18.5. The maximum Gasteiger partial charge on any atom is 0.326 e. The Labute approximate surface area is 145 Å². The summed E-state index contributed by atoms with van der Waals surface area (Å²) in [6.45, 7) is 5.97. The van der Waals surface area contributed by atoms with Crippen LogP contribution in [0.1, 0.15) is 39.2 Å². The summed E-state index contributed by atoms with van der Waals surface area (Å²) in [4.78, 5) is 33.4. The number of carboxylic acids is 1. The van der Waals surface area contributed by atoms with Gasteiger partial charge in [-0.2, -0.15) is 0 Å². The molecule has 1 aromatic carbocycles. The molecule has 1 aromatic rings. The van der Waals surface area contributed by atoms with Gasteiger partial charge in [0.05, 0.1) is 16.4 Å². The van der Waals surface area contributed by atoms with Crippen LogP contribution in [0.2, 0.25) is 5.02 Å². The van der Waals surface area contributed by atoms with E-state index < -0.39 is 22.8 Å². The lowest BCUT2D eigenvalue weighted by Gasteiger charge is -2.21. The normalized spacial score (nSPS) is 12.5. The number of hydrogen-bond donors (Lipinski definition) is 2. The monoisotopic (exact) mass is 356 g/mol. The lowest BCUT2D eigenvalue weighted by atomic mass is 9.88. The number of carbonyl (C=O) groups excluding carboxylic acids is 1. The second kappa shape index (κ2) is 8.10. The third kappa shape index (κ3) is 6.54. The Balaban J connectivity index is 2.72. The van der Waals surface area contributed by atoms with Gasteiger partial charge in [-0.05, 0) is 23.8 Å². The summed E-state index contributed by atoms with van der Waals surface area (Å²) in [7, 11) is 0. The van der Waals surface area contributed by atoms with E-state index in [1.165, 1.54) is 18.2 Å². The Morgan fingerprint density at radius 2 is 2.00 bits per heavy atom. The minimum atomic E-state index is -1.10. The molecular weight excluding hydrogens is 336 g/mol. The first kappa shape index (κ1) is 19.9. The lowest BCUT2D eigenvalue weighted by Crippen LogP contribution is -2.42. The second-order valence-electron chi connectivity index (χ2n) is 6.77. The summed E-state index contributed by atoms with van der Waals surface area (Å²) >= 11 is 5.94. The third-order valence-electron chi connectivity index (χ3n) is 3.41. The van der Waals surface area contributed by atoms with Crippen LogP contribution in [0, 0.1) is 15.5 Å². The van der Waals surface area contributed by atoms with Crippen molar-refractivity contribution in [3.8, 4) is 0 Å². The quantitative estimate of drug-likeness (QED) is 0.576. The highest BCUT2D eigenvalue weighted by Crippen LogP contribution is 2.24. The average molecular weight is 357 g/mol. The van der Waals surface area contributed by atoms with Crippen molar-refractivity contribution >= 4 is 29.2 Å².